The van der Waals surface area contributed by atoms with Crippen LogP contribution in [0.15, 0.2) is 30.3 Å². The SMILES string of the molecule is CC(C)CC(CC(C)C)[N+](C)(C)c1ccccc1.[Cl-]. The van der Waals surface area contributed by atoms with Crippen molar-refractivity contribution in [2.24, 2.45) is 11.8 Å². The van der Waals surface area contributed by atoms with Gasteiger partial charge in [-0.15, -0.1) is 0 Å². The van der Waals surface area contributed by atoms with Gasteiger partial charge in [0.15, 0.2) is 0 Å². The highest BCUT2D eigenvalue weighted by Gasteiger charge is 2.31. The number of halogens is 1. The molecule has 1 rings (SSSR count). The molecule has 1 nitrogen and oxygen atoms in total. The first-order valence-corrected chi connectivity index (χ1v) is 7.23. The van der Waals surface area contributed by atoms with Crippen molar-refractivity contribution in [3.05, 3.63) is 30.3 Å². The summed E-state index contributed by atoms with van der Waals surface area (Å²) in [7, 11) is 4.70. The van der Waals surface area contributed by atoms with E-state index in [-0.39, 0.29) is 12.4 Å². The standard InChI is InChI=1S/C17H30N.ClH/c1-14(2)12-17(13-15(3)4)18(5,6)16-10-8-7-9-11-16;/h7-11,14-15,17H,12-13H2,1-6H3;1H/q+1;/p-1. The van der Waals surface area contributed by atoms with E-state index in [4.69, 9.17) is 0 Å². The Balaban J connectivity index is 0.00000324. The number of nitrogens with zero attached hydrogens (tertiary/aromatic N) is 1. The van der Waals surface area contributed by atoms with Crippen molar-refractivity contribution in [2.45, 2.75) is 46.6 Å². The summed E-state index contributed by atoms with van der Waals surface area (Å²) in [5.41, 5.74) is 1.42. The van der Waals surface area contributed by atoms with E-state index in [0.717, 1.165) is 16.3 Å². The summed E-state index contributed by atoms with van der Waals surface area (Å²) in [6.45, 7) is 9.33. The second-order valence-electron chi connectivity index (χ2n) is 6.79. The molecule has 0 radical (unpaired) electrons. The predicted molar refractivity (Wildman–Crippen MR) is 82.8 cm³/mol. The van der Waals surface area contributed by atoms with E-state index in [9.17, 15) is 0 Å². The van der Waals surface area contributed by atoms with Crippen LogP contribution in [0, 0.1) is 11.8 Å². The zero-order valence-corrected chi connectivity index (χ0v) is 14.1. The van der Waals surface area contributed by atoms with E-state index in [0.29, 0.717) is 6.04 Å². The molecule has 1 aromatic carbocycles. The second-order valence-corrected chi connectivity index (χ2v) is 6.79. The average Bonchev–Trinajstić information content (AvgIpc) is 2.28. The van der Waals surface area contributed by atoms with E-state index >= 15 is 0 Å². The van der Waals surface area contributed by atoms with Gasteiger partial charge >= 0.3 is 0 Å². The quantitative estimate of drug-likeness (QED) is 0.698. The van der Waals surface area contributed by atoms with E-state index < -0.39 is 0 Å². The van der Waals surface area contributed by atoms with Gasteiger partial charge in [-0.1, -0.05) is 45.9 Å². The third-order valence-corrected chi connectivity index (χ3v) is 3.82. The third-order valence-electron chi connectivity index (χ3n) is 3.82. The molecule has 2 heteroatoms. The minimum absolute atomic E-state index is 0. The first kappa shape index (κ1) is 18.5. The summed E-state index contributed by atoms with van der Waals surface area (Å²) in [6.07, 6.45) is 2.58. The van der Waals surface area contributed by atoms with Crippen LogP contribution in [0.3, 0.4) is 0 Å². The lowest BCUT2D eigenvalue weighted by Gasteiger charge is -2.39. The number of hydrogen-bond acceptors (Lipinski definition) is 0. The van der Waals surface area contributed by atoms with Crippen LogP contribution in [-0.2, 0) is 0 Å². The molecular formula is C17H30ClN. The van der Waals surface area contributed by atoms with E-state index in [1.54, 1.807) is 0 Å². The van der Waals surface area contributed by atoms with Crippen LogP contribution in [0.1, 0.15) is 40.5 Å². The monoisotopic (exact) mass is 283 g/mol. The molecule has 0 amide bonds. The average molecular weight is 284 g/mol. The fourth-order valence-corrected chi connectivity index (χ4v) is 2.73. The van der Waals surface area contributed by atoms with E-state index in [2.05, 4.69) is 72.1 Å². The lowest BCUT2D eigenvalue weighted by atomic mass is 9.92. The fraction of sp³-hybridized carbons (Fsp3) is 0.647. The zero-order valence-electron chi connectivity index (χ0n) is 13.4. The first-order valence-electron chi connectivity index (χ1n) is 7.23. The molecule has 0 spiro atoms. The molecular weight excluding hydrogens is 254 g/mol. The zero-order chi connectivity index (χ0) is 13.8. The minimum Gasteiger partial charge on any atom is -1.00 e. The van der Waals surface area contributed by atoms with Gasteiger partial charge in [0, 0.05) is 12.8 Å². The first-order chi connectivity index (χ1) is 8.34. The summed E-state index contributed by atoms with van der Waals surface area (Å²) >= 11 is 0. The van der Waals surface area contributed by atoms with Crippen molar-refractivity contribution in [3.8, 4) is 0 Å². The number of quaternary nitrogens is 1. The maximum absolute atomic E-state index is 2.35. The second kappa shape index (κ2) is 7.91. The molecule has 0 aromatic heterocycles. The number of benzene rings is 1. The van der Waals surface area contributed by atoms with Gasteiger partial charge in [-0.25, -0.2) is 0 Å². The van der Waals surface area contributed by atoms with Crippen molar-refractivity contribution < 1.29 is 12.4 Å². The maximum Gasteiger partial charge on any atom is 0.132 e. The van der Waals surface area contributed by atoms with Gasteiger partial charge in [-0.2, -0.15) is 0 Å². The number of para-hydroxylation sites is 1. The topological polar surface area (TPSA) is 0 Å². The Morgan fingerprint density at radius 3 is 1.63 bits per heavy atom. The molecule has 0 fully saturated rings. The van der Waals surface area contributed by atoms with Crippen LogP contribution in [0.4, 0.5) is 5.69 Å². The number of hydrogen-bond donors (Lipinski definition) is 0. The Kier molecular flexibility index (Phi) is 7.69. The highest BCUT2D eigenvalue weighted by atomic mass is 35.5. The van der Waals surface area contributed by atoms with Gasteiger partial charge in [0.2, 0.25) is 0 Å². The van der Waals surface area contributed by atoms with Crippen LogP contribution in [0.5, 0.6) is 0 Å². The highest BCUT2D eigenvalue weighted by molar-refractivity contribution is 5.42. The summed E-state index contributed by atoms with van der Waals surface area (Å²) in [6, 6.07) is 11.6. The van der Waals surface area contributed by atoms with Gasteiger partial charge < -0.3 is 12.4 Å². The van der Waals surface area contributed by atoms with Gasteiger partial charge in [0.05, 0.1) is 20.1 Å². The Labute approximate surface area is 126 Å². The van der Waals surface area contributed by atoms with Crippen molar-refractivity contribution in [3.63, 3.8) is 0 Å². The van der Waals surface area contributed by atoms with Gasteiger partial charge in [-0.05, 0) is 24.0 Å². The van der Waals surface area contributed by atoms with Crippen LogP contribution in [0.2, 0.25) is 0 Å². The minimum atomic E-state index is 0. The largest absolute Gasteiger partial charge is 1.00 e. The van der Waals surface area contributed by atoms with Crippen molar-refractivity contribution >= 4 is 5.69 Å². The Bertz CT molecular complexity index is 334. The smallest absolute Gasteiger partial charge is 0.132 e. The Morgan fingerprint density at radius 2 is 1.26 bits per heavy atom. The van der Waals surface area contributed by atoms with Crippen LogP contribution < -0.4 is 16.9 Å². The molecule has 0 unspecified atom stereocenters. The molecule has 110 valence electrons. The normalized spacial score (nSPS) is 12.1. The van der Waals surface area contributed by atoms with Gasteiger partial charge in [0.1, 0.15) is 5.69 Å². The van der Waals surface area contributed by atoms with Crippen LogP contribution in [-0.4, -0.2) is 20.1 Å². The predicted octanol–water partition coefficient (Wildman–Crippen LogP) is 1.72. The lowest BCUT2D eigenvalue weighted by Crippen LogP contribution is -3.00. The summed E-state index contributed by atoms with van der Waals surface area (Å²) in [4.78, 5) is 0. The van der Waals surface area contributed by atoms with Crippen LogP contribution >= 0.6 is 0 Å². The van der Waals surface area contributed by atoms with Crippen LogP contribution in [0.25, 0.3) is 0 Å². The molecule has 0 aliphatic heterocycles. The van der Waals surface area contributed by atoms with E-state index in [1.165, 1.54) is 18.5 Å². The molecule has 1 aromatic rings. The molecule has 0 aliphatic carbocycles. The summed E-state index contributed by atoms with van der Waals surface area (Å²) in [5.74, 6) is 1.52. The molecule has 0 N–H and O–H groups in total. The van der Waals surface area contributed by atoms with Crippen molar-refractivity contribution in [2.75, 3.05) is 14.1 Å². The maximum atomic E-state index is 2.35. The Morgan fingerprint density at radius 1 is 0.842 bits per heavy atom. The van der Waals surface area contributed by atoms with Gasteiger partial charge in [0.25, 0.3) is 0 Å². The molecule has 0 bridgehead atoms. The third kappa shape index (κ3) is 5.54. The molecule has 0 aliphatic rings. The van der Waals surface area contributed by atoms with Gasteiger partial charge in [-0.3, -0.25) is 4.48 Å². The highest BCUT2D eigenvalue weighted by Crippen LogP contribution is 2.29. The molecule has 0 saturated carbocycles. The summed E-state index contributed by atoms with van der Waals surface area (Å²) in [5, 5.41) is 0. The van der Waals surface area contributed by atoms with E-state index in [1.807, 2.05) is 0 Å². The fourth-order valence-electron chi connectivity index (χ4n) is 2.73. The molecule has 19 heavy (non-hydrogen) atoms. The van der Waals surface area contributed by atoms with Crippen molar-refractivity contribution in [1.29, 1.82) is 0 Å². The van der Waals surface area contributed by atoms with Crippen molar-refractivity contribution in [1.82, 2.24) is 4.48 Å². The Hall–Kier alpha value is -0.530. The molecule has 0 saturated heterocycles. The molecule has 0 heterocycles. The molecule has 0 atom stereocenters. The lowest BCUT2D eigenvalue weighted by molar-refractivity contribution is -0.00000436. The number of rotatable bonds is 6. The summed E-state index contributed by atoms with van der Waals surface area (Å²) < 4.78 is 0.997.